The van der Waals surface area contributed by atoms with Crippen LogP contribution in [0.4, 0.5) is 4.39 Å². The minimum absolute atomic E-state index is 0.0579. The summed E-state index contributed by atoms with van der Waals surface area (Å²) in [6, 6.07) is 6.01. The van der Waals surface area contributed by atoms with Crippen molar-refractivity contribution in [2.24, 2.45) is 0 Å². The third kappa shape index (κ3) is 4.53. The van der Waals surface area contributed by atoms with Crippen LogP contribution in [0, 0.1) is 0 Å². The monoisotopic (exact) mass is 562 g/mol. The van der Waals surface area contributed by atoms with E-state index in [0.717, 1.165) is 23.0 Å². The zero-order valence-corrected chi connectivity index (χ0v) is 22.6. The molecule has 2 aromatic rings. The Hall–Kier alpha value is -2.79. The average molecular weight is 563 g/mol. The van der Waals surface area contributed by atoms with E-state index >= 15 is 4.39 Å². The lowest BCUT2D eigenvalue weighted by atomic mass is 10.1. The summed E-state index contributed by atoms with van der Waals surface area (Å²) in [6.45, 7) is 0.625. The summed E-state index contributed by atoms with van der Waals surface area (Å²) in [7, 11) is 0. The molecule has 2 aromatic carbocycles. The van der Waals surface area contributed by atoms with Crippen molar-refractivity contribution >= 4 is 35.1 Å². The highest BCUT2D eigenvalue weighted by Crippen LogP contribution is 2.54. The van der Waals surface area contributed by atoms with E-state index in [1.165, 1.54) is 38.1 Å². The molecule has 4 aliphatic heterocycles. The van der Waals surface area contributed by atoms with Gasteiger partial charge in [-0.05, 0) is 38.1 Å². The maximum Gasteiger partial charge on any atom is 0.397 e. The first kappa shape index (κ1) is 25.5. The van der Waals surface area contributed by atoms with E-state index in [2.05, 4.69) is 0 Å². The Balaban J connectivity index is 1.26. The van der Waals surface area contributed by atoms with Crippen molar-refractivity contribution in [2.75, 3.05) is 23.0 Å². The highest BCUT2D eigenvalue weighted by molar-refractivity contribution is 7.99. The maximum atomic E-state index is 15.3. The normalized spacial score (nSPS) is 20.1. The number of carbonyl (C=O) groups excluding carboxylic acids is 2. The van der Waals surface area contributed by atoms with E-state index in [4.69, 9.17) is 28.4 Å². The van der Waals surface area contributed by atoms with Crippen molar-refractivity contribution in [1.29, 1.82) is 0 Å². The molecule has 0 atom stereocenters. The topological polar surface area (TPSA) is 89.5 Å². The number of rotatable bonds is 6. The van der Waals surface area contributed by atoms with Crippen molar-refractivity contribution in [1.82, 2.24) is 0 Å². The Morgan fingerprint density at radius 3 is 1.45 bits per heavy atom. The number of Topliss-reactive ketones (excluding diaryl/α,β-unsaturated/α-hetero) is 2. The van der Waals surface area contributed by atoms with Crippen molar-refractivity contribution in [2.45, 2.75) is 57.6 Å². The van der Waals surface area contributed by atoms with E-state index in [0.29, 0.717) is 36.8 Å². The molecule has 11 heteroatoms. The fourth-order valence-electron chi connectivity index (χ4n) is 5.01. The number of halogens is 1. The number of hydrogen-bond donors (Lipinski definition) is 0. The molecule has 6 rings (SSSR count). The van der Waals surface area contributed by atoms with Crippen LogP contribution in [0.15, 0.2) is 24.3 Å². The van der Waals surface area contributed by atoms with Crippen LogP contribution in [-0.4, -0.2) is 52.7 Å². The molecular weight excluding hydrogens is 535 g/mol. The number of ketones is 2. The summed E-state index contributed by atoms with van der Waals surface area (Å²) in [6.07, 6.45) is 2.52. The fraction of sp³-hybridized carbons (Fsp3) is 0.481. The molecule has 0 aliphatic carbocycles. The Morgan fingerprint density at radius 1 is 0.711 bits per heavy atom. The molecule has 0 unspecified atom stereocenters. The first-order valence-corrected chi connectivity index (χ1v) is 14.8. The van der Waals surface area contributed by atoms with E-state index in [1.807, 2.05) is 0 Å². The third-order valence-corrected chi connectivity index (χ3v) is 8.98. The second-order valence-corrected chi connectivity index (χ2v) is 12.1. The van der Waals surface area contributed by atoms with Gasteiger partial charge in [0.15, 0.2) is 34.6 Å². The number of thioether (sulfide) groups is 2. The van der Waals surface area contributed by atoms with E-state index in [-0.39, 0.29) is 46.1 Å². The number of fused-ring (bicyclic) bond motifs is 2. The Kier molecular flexibility index (Phi) is 6.54. The fourth-order valence-corrected chi connectivity index (χ4v) is 7.24. The molecule has 0 aromatic heterocycles. The van der Waals surface area contributed by atoms with E-state index in [9.17, 15) is 9.59 Å². The molecule has 4 heterocycles. The van der Waals surface area contributed by atoms with Gasteiger partial charge in [0, 0.05) is 48.7 Å². The maximum absolute atomic E-state index is 15.3. The Labute approximate surface area is 227 Å². The van der Waals surface area contributed by atoms with Gasteiger partial charge in [-0.1, -0.05) is 0 Å². The van der Waals surface area contributed by atoms with E-state index in [1.54, 1.807) is 23.5 Å². The summed E-state index contributed by atoms with van der Waals surface area (Å²) >= 11 is 3.60. The van der Waals surface area contributed by atoms with Crippen molar-refractivity contribution < 1.29 is 42.4 Å². The van der Waals surface area contributed by atoms with Gasteiger partial charge in [-0.3, -0.25) is 9.59 Å². The molecule has 38 heavy (non-hydrogen) atoms. The molecule has 2 spiro atoms. The lowest BCUT2D eigenvalue weighted by Crippen LogP contribution is -2.42. The van der Waals surface area contributed by atoms with Crippen molar-refractivity contribution in [3.05, 3.63) is 35.4 Å². The van der Waals surface area contributed by atoms with Crippen LogP contribution in [0.3, 0.4) is 0 Å². The molecule has 0 radical (unpaired) electrons. The quantitative estimate of drug-likeness (QED) is 0.318. The molecule has 0 saturated carbocycles. The van der Waals surface area contributed by atoms with Gasteiger partial charge in [0.25, 0.3) is 11.6 Å². The van der Waals surface area contributed by atoms with Crippen LogP contribution in [0.25, 0.3) is 0 Å². The molecule has 0 amide bonds. The van der Waals surface area contributed by atoms with Gasteiger partial charge in [-0.25, -0.2) is 0 Å². The van der Waals surface area contributed by atoms with E-state index < -0.39 is 18.1 Å². The van der Waals surface area contributed by atoms with Gasteiger partial charge in [0.1, 0.15) is 0 Å². The largest absolute Gasteiger partial charge is 0.447 e. The first-order valence-electron chi connectivity index (χ1n) is 12.5. The number of benzene rings is 2. The summed E-state index contributed by atoms with van der Waals surface area (Å²) in [5.74, 6) is 2.20. The summed E-state index contributed by atoms with van der Waals surface area (Å²) in [5.41, 5.74) is 0.691. The highest BCUT2D eigenvalue weighted by atomic mass is 32.2. The second kappa shape index (κ2) is 9.75. The standard InChI is InChI=1S/C27H27FO8S2/c1-15(29)17-3-5-19(23-21(17)33-26(35-23)7-11-37-12-8-26)31-25(28)32-20-6-4-18(16(2)30)22-24(20)36-27(34-22)9-13-38-14-10-27/h3-6,25H,7-14H2,1-2H3. The molecule has 0 N–H and O–H groups in total. The SMILES string of the molecule is CC(=O)c1ccc(OC(F)Oc2ccc(C(C)=O)c3c2OC2(CCSCC2)O3)c2c1OC1(CCSCC1)O2. The van der Waals surface area contributed by atoms with Crippen LogP contribution >= 0.6 is 23.5 Å². The molecule has 202 valence electrons. The summed E-state index contributed by atoms with van der Waals surface area (Å²) in [4.78, 5) is 24.5. The van der Waals surface area contributed by atoms with Gasteiger partial charge in [-0.2, -0.15) is 27.9 Å². The number of hydrogen-bond acceptors (Lipinski definition) is 10. The lowest BCUT2D eigenvalue weighted by Gasteiger charge is -2.31. The number of carbonyl (C=O) groups is 2. The molecular formula is C27H27FO8S2. The summed E-state index contributed by atoms with van der Waals surface area (Å²) in [5, 5.41) is 0. The predicted molar refractivity (Wildman–Crippen MR) is 140 cm³/mol. The van der Waals surface area contributed by atoms with Crippen LogP contribution in [0.1, 0.15) is 60.2 Å². The van der Waals surface area contributed by atoms with Crippen LogP contribution in [-0.2, 0) is 0 Å². The van der Waals surface area contributed by atoms with Gasteiger partial charge >= 0.3 is 6.54 Å². The molecule has 0 bridgehead atoms. The van der Waals surface area contributed by atoms with Gasteiger partial charge in [-0.15, -0.1) is 0 Å². The molecule has 8 nitrogen and oxygen atoms in total. The second-order valence-electron chi connectivity index (χ2n) is 9.62. The molecule has 2 saturated heterocycles. The van der Waals surface area contributed by atoms with Crippen LogP contribution in [0.5, 0.6) is 34.5 Å². The molecule has 4 aliphatic rings. The van der Waals surface area contributed by atoms with Gasteiger partial charge < -0.3 is 28.4 Å². The number of alkyl halides is 1. The average Bonchev–Trinajstić information content (AvgIpc) is 3.43. The van der Waals surface area contributed by atoms with Gasteiger partial charge in [0.05, 0.1) is 11.1 Å². The first-order chi connectivity index (χ1) is 18.3. The van der Waals surface area contributed by atoms with Crippen LogP contribution in [0.2, 0.25) is 0 Å². The number of ether oxygens (including phenoxy) is 6. The predicted octanol–water partition coefficient (Wildman–Crippen LogP) is 5.79. The lowest BCUT2D eigenvalue weighted by molar-refractivity contribution is -0.111. The zero-order valence-electron chi connectivity index (χ0n) is 21.0. The van der Waals surface area contributed by atoms with Crippen LogP contribution < -0.4 is 28.4 Å². The minimum atomic E-state index is -2.25. The smallest absolute Gasteiger partial charge is 0.397 e. The van der Waals surface area contributed by atoms with Gasteiger partial charge in [0.2, 0.25) is 11.5 Å². The summed E-state index contributed by atoms with van der Waals surface area (Å²) < 4.78 is 51.1. The third-order valence-electron chi connectivity index (χ3n) is 7.01. The molecule has 2 fully saturated rings. The minimum Gasteiger partial charge on any atom is -0.447 e. The van der Waals surface area contributed by atoms with Crippen molar-refractivity contribution in [3.8, 4) is 34.5 Å². The Bertz CT molecular complexity index is 1190. The highest BCUT2D eigenvalue weighted by Gasteiger charge is 2.47. The zero-order chi connectivity index (χ0) is 26.5. The Morgan fingerprint density at radius 2 is 1.08 bits per heavy atom. The van der Waals surface area contributed by atoms with Crippen molar-refractivity contribution in [3.63, 3.8) is 0 Å².